The second-order valence-electron chi connectivity index (χ2n) is 30.7. The summed E-state index contributed by atoms with van der Waals surface area (Å²) in [6.07, 6.45) is 0. The van der Waals surface area contributed by atoms with Gasteiger partial charge in [-0.3, -0.25) is 0 Å². The van der Waals surface area contributed by atoms with Gasteiger partial charge in [0, 0.05) is 60.2 Å². The van der Waals surface area contributed by atoms with E-state index in [1.165, 1.54) is 98.0 Å². The Morgan fingerprint density at radius 1 is 0.216 bits per heavy atom. The van der Waals surface area contributed by atoms with Crippen molar-refractivity contribution in [3.8, 4) is 93.0 Å². The molecule has 0 spiro atoms. The number of ether oxygens (including phenoxy) is 4. The van der Waals surface area contributed by atoms with E-state index in [2.05, 4.69) is 261 Å². The monoisotopic (exact) mass is 1470 g/mol. The Kier molecular flexibility index (Phi) is 13.1. The molecule has 4 aromatic heterocycles. The van der Waals surface area contributed by atoms with Gasteiger partial charge in [-0.25, -0.2) is 0 Å². The maximum absolute atomic E-state index is 9.94. The highest BCUT2D eigenvalue weighted by Gasteiger charge is 2.46. The largest absolute Gasteiger partial charge is 0.458 e. The summed E-state index contributed by atoms with van der Waals surface area (Å²) < 4.78 is 34.5. The van der Waals surface area contributed by atoms with Crippen LogP contribution >= 0.6 is 0 Å². The number of para-hydroxylation sites is 10. The van der Waals surface area contributed by atoms with Gasteiger partial charge in [0.15, 0.2) is 0 Å². The van der Waals surface area contributed by atoms with E-state index in [9.17, 15) is 21.0 Å². The summed E-state index contributed by atoms with van der Waals surface area (Å²) in [6.45, 7) is 0.327. The minimum Gasteiger partial charge on any atom is -0.458 e. The van der Waals surface area contributed by atoms with Gasteiger partial charge in [-0.1, -0.05) is 176 Å². The molecule has 528 valence electrons. The molecule has 0 fully saturated rings. The third-order valence-corrected chi connectivity index (χ3v) is 25.2. The molecule has 0 saturated carbocycles. The van der Waals surface area contributed by atoms with Gasteiger partial charge in [0.1, 0.15) is 58.1 Å². The third-order valence-electron chi connectivity index (χ3n) is 25.2. The van der Waals surface area contributed by atoms with Crippen LogP contribution in [0.1, 0.15) is 22.3 Å². The van der Waals surface area contributed by atoms with Gasteiger partial charge in [-0.05, 0) is 205 Å². The summed E-state index contributed by atoms with van der Waals surface area (Å²) in [5, 5.41) is 48.5. The van der Waals surface area contributed by atoms with Crippen LogP contribution in [-0.4, -0.2) is 45.1 Å². The lowest BCUT2D eigenvalue weighted by atomic mass is 9.34. The average molecular weight is 1470 g/mol. The van der Waals surface area contributed by atoms with Gasteiger partial charge in [-0.2, -0.15) is 21.0 Å². The molecule has 8 aliphatic rings. The van der Waals surface area contributed by atoms with Crippen molar-refractivity contribution >= 4 is 180 Å². The number of hydrogen-bond donors (Lipinski definition) is 0. The minimum absolute atomic E-state index is 0.0544. The topological polar surface area (TPSA) is 152 Å². The van der Waals surface area contributed by atoms with Crippen molar-refractivity contribution in [3.63, 3.8) is 0 Å². The van der Waals surface area contributed by atoms with Crippen molar-refractivity contribution in [2.24, 2.45) is 0 Å². The lowest BCUT2D eigenvalue weighted by Gasteiger charge is -2.33. The second-order valence-corrected chi connectivity index (χ2v) is 30.7. The van der Waals surface area contributed by atoms with Gasteiger partial charge < -0.3 is 37.2 Å². The molecule has 0 saturated heterocycles. The fraction of sp³-hybridized carbons (Fsp3) is 0. The van der Waals surface area contributed by atoms with Gasteiger partial charge in [0.25, 0.3) is 26.9 Å². The van der Waals surface area contributed by atoms with E-state index < -0.39 is 0 Å². The first-order chi connectivity index (χ1) is 57.4. The Labute approximate surface area is 664 Å². The van der Waals surface area contributed by atoms with Crippen LogP contribution in [0.3, 0.4) is 0 Å². The molecule has 0 atom stereocenters. The van der Waals surface area contributed by atoms with E-state index in [4.69, 9.17) is 18.9 Å². The summed E-state index contributed by atoms with van der Waals surface area (Å²) in [5.74, 6) is 7.23. The van der Waals surface area contributed by atoms with Crippen molar-refractivity contribution in [2.75, 3.05) is 0 Å². The van der Waals surface area contributed by atoms with Crippen molar-refractivity contribution < 1.29 is 18.9 Å². The maximum atomic E-state index is 9.94. The van der Waals surface area contributed by atoms with Gasteiger partial charge >= 0.3 is 0 Å². The lowest BCUT2D eigenvalue weighted by Crippen LogP contribution is -2.58. The molecule has 0 bridgehead atoms. The molecule has 28 rings (SSSR count). The minimum atomic E-state index is 0.0544. The van der Waals surface area contributed by atoms with E-state index in [1.807, 2.05) is 97.1 Å². The molecular formula is C100H52B4N8O4. The van der Waals surface area contributed by atoms with Crippen molar-refractivity contribution in [1.82, 2.24) is 18.3 Å². The molecule has 20 aromatic rings. The molecule has 16 heteroatoms. The van der Waals surface area contributed by atoms with Crippen molar-refractivity contribution in [3.05, 3.63) is 338 Å². The van der Waals surface area contributed by atoms with Crippen LogP contribution in [0.25, 0.3) is 110 Å². The highest BCUT2D eigenvalue weighted by atomic mass is 16.5. The van der Waals surface area contributed by atoms with Crippen LogP contribution in [-0.2, 0) is 0 Å². The summed E-state index contributed by atoms with van der Waals surface area (Å²) in [5.41, 5.74) is 30.5. The standard InChI is InChI=1S/4C25H13BN2O/c27-14-15-6-5-7-16-17-12-13-22-23-25(17)28(24(15)16)20-10-3-1-8-18(20)26(23)19-9-2-4-11-21(19)29-22;27-14-15-6-5-9-19-24(15)28-20-10-3-1-7-16(20)17-12-13-22-23(25(17)28)26(19)18-8-2-4-11-21(18)29-22;27-14-15-9-11-18-21(13-15)28-20-7-3-1-5-16(20)17-10-12-23-24(25(17)28)26(18)19-6-2-4-8-22(19)29-23;27-14-15-9-11-21-19(13-15)26-18-6-2-4-8-22(18)29-23-12-10-17-16-5-1-3-7-20(16)28(21)25(17)24(23)26/h4*1-13H. The number of rotatable bonds is 0. The number of hydrogen-bond acceptors (Lipinski definition) is 8. The summed E-state index contributed by atoms with van der Waals surface area (Å²) in [7, 11) is 0. The van der Waals surface area contributed by atoms with E-state index in [-0.39, 0.29) is 26.9 Å². The molecule has 16 aromatic carbocycles. The molecular weight excluding hydrogens is 1420 g/mol. The van der Waals surface area contributed by atoms with Gasteiger partial charge in [-0.15, -0.1) is 0 Å². The van der Waals surface area contributed by atoms with Crippen LogP contribution < -0.4 is 84.5 Å². The normalized spacial score (nSPS) is 13.0. The Morgan fingerprint density at radius 3 is 1.07 bits per heavy atom. The first kappa shape index (κ1) is 63.9. The van der Waals surface area contributed by atoms with E-state index in [1.54, 1.807) is 0 Å². The van der Waals surface area contributed by atoms with Gasteiger partial charge in [0.05, 0.1) is 84.2 Å². The predicted octanol–water partition coefficient (Wildman–Crippen LogP) is 14.4. The zero-order chi connectivity index (χ0) is 76.4. The summed E-state index contributed by atoms with van der Waals surface area (Å²) in [6, 6.07) is 118. The Bertz CT molecular complexity index is 8080. The van der Waals surface area contributed by atoms with Crippen molar-refractivity contribution in [2.45, 2.75) is 0 Å². The zero-order valence-electron chi connectivity index (χ0n) is 61.5. The first-order valence-corrected chi connectivity index (χ1v) is 38.9. The number of aromatic nitrogens is 4. The Balaban J connectivity index is 0.0000000866. The molecule has 0 unspecified atom stereocenters. The van der Waals surface area contributed by atoms with Crippen LogP contribution in [0.4, 0.5) is 0 Å². The summed E-state index contributed by atoms with van der Waals surface area (Å²) >= 11 is 0. The highest BCUT2D eigenvalue weighted by molar-refractivity contribution is 7.01. The van der Waals surface area contributed by atoms with E-state index in [0.717, 1.165) is 124 Å². The number of fused-ring (bicyclic) bond motifs is 32. The zero-order valence-corrected chi connectivity index (χ0v) is 61.5. The number of nitrogens with zero attached hydrogens (tertiary/aromatic N) is 8. The molecule has 0 aliphatic carbocycles. The molecule has 0 amide bonds. The average Bonchev–Trinajstić information content (AvgIpc) is 1.49. The smallest absolute Gasteiger partial charge is 0.256 e. The quantitative estimate of drug-likeness (QED) is 0.136. The van der Waals surface area contributed by atoms with Gasteiger partial charge in [0.2, 0.25) is 0 Å². The highest BCUT2D eigenvalue weighted by Crippen LogP contribution is 2.45. The fourth-order valence-electron chi connectivity index (χ4n) is 20.7. The fourth-order valence-corrected chi connectivity index (χ4v) is 20.7. The Morgan fingerprint density at radius 2 is 0.560 bits per heavy atom. The number of benzene rings is 16. The summed E-state index contributed by atoms with van der Waals surface area (Å²) in [4.78, 5) is 0. The first-order valence-electron chi connectivity index (χ1n) is 38.9. The van der Waals surface area contributed by atoms with Crippen LogP contribution in [0.2, 0.25) is 0 Å². The van der Waals surface area contributed by atoms with Crippen LogP contribution in [0, 0.1) is 45.3 Å². The molecule has 0 N–H and O–H groups in total. The third kappa shape index (κ3) is 8.50. The van der Waals surface area contributed by atoms with Crippen LogP contribution in [0.5, 0.6) is 46.0 Å². The van der Waals surface area contributed by atoms with Crippen LogP contribution in [0.15, 0.2) is 315 Å². The molecule has 8 aliphatic heterocycles. The SMILES string of the molecule is N#Cc1ccc2c(c1)-n1c3ccccc3c3ccc4c(c31)B2c1ccccc1O4.N#Cc1ccc2c(c1)B1c3ccccc3Oc3ccc4c5ccccc5n-2c4c31.N#Cc1cccc2c1-n1c3ccccc3c3ccc4c(c31)B2c1ccccc1O4.N#Cc1cccc2c3ccc4c5c3n(c12)-c1ccccc1B5c1ccccc1O4. The Hall–Kier alpha value is -15.9. The predicted molar refractivity (Wildman–Crippen MR) is 467 cm³/mol. The number of nitriles is 4. The van der Waals surface area contributed by atoms with Crippen molar-refractivity contribution in [1.29, 1.82) is 21.0 Å². The molecule has 116 heavy (non-hydrogen) atoms. The lowest BCUT2D eigenvalue weighted by molar-refractivity contribution is 0.487. The maximum Gasteiger partial charge on any atom is 0.256 e. The molecule has 12 nitrogen and oxygen atoms in total. The van der Waals surface area contributed by atoms with E-state index in [0.29, 0.717) is 22.3 Å². The molecule has 0 radical (unpaired) electrons. The molecule has 12 heterocycles. The van der Waals surface area contributed by atoms with E-state index >= 15 is 0 Å². The second kappa shape index (κ2) is 23.8.